The average Bonchev–Trinajstić information content (AvgIpc) is 3.46. The Morgan fingerprint density at radius 2 is 1.94 bits per heavy atom. The molecule has 0 spiro atoms. The molecule has 1 saturated carbocycles. The van der Waals surface area contributed by atoms with Crippen molar-refractivity contribution in [3.8, 4) is 11.3 Å². The van der Waals surface area contributed by atoms with Crippen LogP contribution in [0, 0.1) is 5.92 Å². The molecular weight excluding hydrogens is 458 g/mol. The lowest BCUT2D eigenvalue weighted by atomic mass is 9.94. The Bertz CT molecular complexity index is 955. The molecule has 3 rings (SSSR count). The molecule has 3 N–H and O–H groups in total. The van der Waals surface area contributed by atoms with Crippen LogP contribution in [0.25, 0.3) is 11.3 Å². The summed E-state index contributed by atoms with van der Waals surface area (Å²) in [5.41, 5.74) is 1.43. The molecule has 2 atom stereocenters. The van der Waals surface area contributed by atoms with Gasteiger partial charge in [0.15, 0.2) is 0 Å². The largest absolute Gasteiger partial charge is 0.480 e. The monoisotopic (exact) mass is 489 g/mol. The zero-order valence-corrected chi connectivity index (χ0v) is 20.6. The van der Waals surface area contributed by atoms with Gasteiger partial charge >= 0.3 is 5.97 Å². The molecule has 2 aromatic rings. The highest BCUT2D eigenvalue weighted by Gasteiger charge is 2.44. The number of rotatable bonds is 10. The van der Waals surface area contributed by atoms with Gasteiger partial charge in [-0.3, -0.25) is 14.6 Å². The zero-order valence-electron chi connectivity index (χ0n) is 18.9. The fraction of sp³-hybridized carbons (Fsp3) is 0.500. The fourth-order valence-corrected chi connectivity index (χ4v) is 5.25. The van der Waals surface area contributed by atoms with E-state index < -0.39 is 28.7 Å². The lowest BCUT2D eigenvalue weighted by Gasteiger charge is -2.31. The van der Waals surface area contributed by atoms with E-state index in [-0.39, 0.29) is 12.3 Å². The first-order valence-corrected chi connectivity index (χ1v) is 12.7. The van der Waals surface area contributed by atoms with Crippen molar-refractivity contribution in [2.24, 2.45) is 5.92 Å². The number of nitrogens with zero attached hydrogens (tertiary/aromatic N) is 1. The molecule has 0 unspecified atom stereocenters. The van der Waals surface area contributed by atoms with Gasteiger partial charge in [0.2, 0.25) is 11.8 Å². The number of hydrogen-bond acceptors (Lipinski definition) is 6. The van der Waals surface area contributed by atoms with Crippen molar-refractivity contribution in [2.45, 2.75) is 69.2 Å². The van der Waals surface area contributed by atoms with Crippen LogP contribution in [-0.2, 0) is 20.8 Å². The molecule has 7 nitrogen and oxygen atoms in total. The van der Waals surface area contributed by atoms with Crippen LogP contribution in [-0.4, -0.2) is 44.7 Å². The number of carboxylic acid groups (broad SMARTS) is 1. The van der Waals surface area contributed by atoms with E-state index >= 15 is 0 Å². The predicted octanol–water partition coefficient (Wildman–Crippen LogP) is 3.70. The molecule has 0 bridgehead atoms. The summed E-state index contributed by atoms with van der Waals surface area (Å²) in [5.74, 6) is -1.57. The van der Waals surface area contributed by atoms with E-state index in [1.54, 1.807) is 17.5 Å². The molecule has 0 radical (unpaired) electrons. The molecule has 1 fully saturated rings. The summed E-state index contributed by atoms with van der Waals surface area (Å²) < 4.78 is 0. The molecule has 0 aliphatic heterocycles. The van der Waals surface area contributed by atoms with Crippen molar-refractivity contribution in [2.75, 3.05) is 0 Å². The number of hydrogen-bond donors (Lipinski definition) is 4. The summed E-state index contributed by atoms with van der Waals surface area (Å²) in [6, 6.07) is 4.52. The number of thiophene rings is 1. The Balaban J connectivity index is 1.68. The Labute approximate surface area is 203 Å². The molecular formula is C24H31N3O4S2. The molecule has 9 heteroatoms. The summed E-state index contributed by atoms with van der Waals surface area (Å²) in [4.78, 5) is 42.3. The van der Waals surface area contributed by atoms with Gasteiger partial charge in [-0.05, 0) is 48.3 Å². The minimum Gasteiger partial charge on any atom is -0.480 e. The van der Waals surface area contributed by atoms with E-state index in [9.17, 15) is 19.5 Å². The van der Waals surface area contributed by atoms with Gasteiger partial charge in [0.05, 0.1) is 10.9 Å². The third kappa shape index (κ3) is 6.57. The van der Waals surface area contributed by atoms with Gasteiger partial charge < -0.3 is 15.7 Å². The van der Waals surface area contributed by atoms with E-state index in [0.717, 1.165) is 24.1 Å². The number of thiol groups is 1. The third-order valence-corrected chi connectivity index (χ3v) is 7.07. The second-order valence-corrected chi connectivity index (χ2v) is 10.5. The van der Waals surface area contributed by atoms with Crippen LogP contribution in [0.1, 0.15) is 51.5 Å². The highest BCUT2D eigenvalue weighted by Crippen LogP contribution is 2.31. The maximum atomic E-state index is 13.2. The van der Waals surface area contributed by atoms with Crippen molar-refractivity contribution in [3.63, 3.8) is 0 Å². The number of pyridine rings is 1. The van der Waals surface area contributed by atoms with Gasteiger partial charge in [-0.2, -0.15) is 24.0 Å². The van der Waals surface area contributed by atoms with Crippen LogP contribution in [0.15, 0.2) is 35.2 Å². The van der Waals surface area contributed by atoms with E-state index in [2.05, 4.69) is 28.2 Å². The minimum atomic E-state index is -1.13. The zero-order chi connectivity index (χ0) is 24.0. The highest BCUT2D eigenvalue weighted by atomic mass is 32.1. The van der Waals surface area contributed by atoms with Crippen LogP contribution in [0.4, 0.5) is 0 Å². The lowest BCUT2D eigenvalue weighted by molar-refractivity contribution is -0.143. The van der Waals surface area contributed by atoms with E-state index in [1.165, 1.54) is 0 Å². The Kier molecular flexibility index (Phi) is 8.53. The van der Waals surface area contributed by atoms with Crippen molar-refractivity contribution < 1.29 is 19.5 Å². The van der Waals surface area contributed by atoms with Crippen molar-refractivity contribution in [1.29, 1.82) is 0 Å². The van der Waals surface area contributed by atoms with Gasteiger partial charge in [0, 0.05) is 23.6 Å². The first kappa shape index (κ1) is 25.2. The molecule has 2 amide bonds. The number of aromatic nitrogens is 1. The molecule has 0 saturated heterocycles. The standard InChI is InChI=1S/C24H31N3O4S2/c1-15(2)11-20(32)21(28)27-24(8-3-4-9-24)23(31)26-19(22(29)30)12-16-5-6-18(25-13-16)17-7-10-33-14-17/h5-7,10,13-15,19-20,32H,3-4,8-9,11-12H2,1-2H3,(H,26,31)(H,27,28)(H,29,30)/t19-,20-/m0/s1. The van der Waals surface area contributed by atoms with E-state index in [0.29, 0.717) is 30.7 Å². The SMILES string of the molecule is CC(C)C[C@H](S)C(=O)NC1(C(=O)N[C@@H](Cc2ccc(-c3ccsc3)nc2)C(=O)O)CCCC1. The van der Waals surface area contributed by atoms with Gasteiger partial charge in [-0.15, -0.1) is 0 Å². The quantitative estimate of drug-likeness (QED) is 0.381. The highest BCUT2D eigenvalue weighted by molar-refractivity contribution is 7.81. The van der Waals surface area contributed by atoms with Gasteiger partial charge in [0.1, 0.15) is 11.6 Å². The number of amides is 2. The van der Waals surface area contributed by atoms with E-state index in [1.807, 2.05) is 42.8 Å². The number of carboxylic acids is 1. The molecule has 1 aliphatic rings. The maximum Gasteiger partial charge on any atom is 0.326 e. The number of nitrogens with one attached hydrogen (secondary N) is 2. The molecule has 2 aromatic heterocycles. The summed E-state index contributed by atoms with van der Waals surface area (Å²) >= 11 is 5.98. The summed E-state index contributed by atoms with van der Waals surface area (Å²) in [5, 5.41) is 18.8. The van der Waals surface area contributed by atoms with Crippen LogP contribution in [0.2, 0.25) is 0 Å². The topological polar surface area (TPSA) is 108 Å². The third-order valence-electron chi connectivity index (χ3n) is 5.94. The van der Waals surface area contributed by atoms with Crippen LogP contribution >= 0.6 is 24.0 Å². The van der Waals surface area contributed by atoms with Crippen molar-refractivity contribution >= 4 is 41.7 Å². The van der Waals surface area contributed by atoms with Gasteiger partial charge in [-0.25, -0.2) is 4.79 Å². The number of carbonyl (C=O) groups is 3. The van der Waals surface area contributed by atoms with E-state index in [4.69, 9.17) is 0 Å². The van der Waals surface area contributed by atoms with Crippen LogP contribution < -0.4 is 10.6 Å². The van der Waals surface area contributed by atoms with Crippen LogP contribution in [0.3, 0.4) is 0 Å². The predicted molar refractivity (Wildman–Crippen MR) is 132 cm³/mol. The van der Waals surface area contributed by atoms with Gasteiger partial charge in [-0.1, -0.05) is 32.8 Å². The molecule has 1 aliphatic carbocycles. The first-order valence-electron chi connectivity index (χ1n) is 11.2. The summed E-state index contributed by atoms with van der Waals surface area (Å²) in [7, 11) is 0. The summed E-state index contributed by atoms with van der Waals surface area (Å²) in [6.07, 6.45) is 4.89. The molecule has 0 aromatic carbocycles. The molecule has 178 valence electrons. The molecule has 2 heterocycles. The Morgan fingerprint density at radius 3 is 2.48 bits per heavy atom. The summed E-state index contributed by atoms with van der Waals surface area (Å²) in [6.45, 7) is 4.02. The lowest BCUT2D eigenvalue weighted by Crippen LogP contribution is -2.61. The Hall–Kier alpha value is -2.39. The fourth-order valence-electron chi connectivity index (χ4n) is 4.12. The van der Waals surface area contributed by atoms with Crippen molar-refractivity contribution in [1.82, 2.24) is 15.6 Å². The second-order valence-electron chi connectivity index (χ2n) is 9.06. The maximum absolute atomic E-state index is 13.2. The second kappa shape index (κ2) is 11.2. The van der Waals surface area contributed by atoms with Crippen LogP contribution in [0.5, 0.6) is 0 Å². The average molecular weight is 490 g/mol. The van der Waals surface area contributed by atoms with Crippen molar-refractivity contribution in [3.05, 3.63) is 40.7 Å². The number of aliphatic carboxylic acids is 1. The minimum absolute atomic E-state index is 0.102. The first-order chi connectivity index (χ1) is 15.7. The smallest absolute Gasteiger partial charge is 0.326 e. The molecule has 33 heavy (non-hydrogen) atoms. The van der Waals surface area contributed by atoms with Gasteiger partial charge in [0.25, 0.3) is 0 Å². The normalized spacial score (nSPS) is 16.8. The number of carbonyl (C=O) groups excluding carboxylic acids is 2. The Morgan fingerprint density at radius 1 is 1.21 bits per heavy atom.